The maximum Gasteiger partial charge on any atom is 0.406 e. The lowest BCUT2D eigenvalue weighted by atomic mass is 10.1. The molecular formula is C9H8F3N3O. The van der Waals surface area contributed by atoms with Crippen LogP contribution in [-0.4, -0.2) is 15.7 Å². The van der Waals surface area contributed by atoms with Crippen molar-refractivity contribution in [1.82, 2.24) is 9.55 Å². The molecule has 1 rings (SSSR count). The minimum absolute atomic E-state index is 0.418. The maximum absolute atomic E-state index is 12.3. The minimum Gasteiger partial charge on any atom is -0.298 e. The quantitative estimate of drug-likeness (QED) is 0.769. The van der Waals surface area contributed by atoms with Gasteiger partial charge in [-0.2, -0.15) is 18.4 Å². The van der Waals surface area contributed by atoms with E-state index in [-0.39, 0.29) is 0 Å². The first kappa shape index (κ1) is 12.2. The van der Waals surface area contributed by atoms with Crippen molar-refractivity contribution in [3.63, 3.8) is 0 Å². The van der Waals surface area contributed by atoms with E-state index in [1.54, 1.807) is 6.92 Å². The van der Waals surface area contributed by atoms with Crippen LogP contribution in [0.25, 0.3) is 0 Å². The Balaban J connectivity index is 2.97. The number of aryl methyl sites for hydroxylation is 1. The van der Waals surface area contributed by atoms with E-state index in [9.17, 15) is 18.0 Å². The van der Waals surface area contributed by atoms with Crippen LogP contribution in [-0.2, 0) is 6.54 Å². The molecule has 7 heteroatoms. The first-order chi connectivity index (χ1) is 7.34. The highest BCUT2D eigenvalue weighted by Crippen LogP contribution is 2.26. The monoisotopic (exact) mass is 231 g/mol. The fraction of sp³-hybridized carbons (Fsp3) is 0.444. The van der Waals surface area contributed by atoms with Crippen LogP contribution >= 0.6 is 0 Å². The van der Waals surface area contributed by atoms with Gasteiger partial charge in [-0.15, -0.1) is 0 Å². The van der Waals surface area contributed by atoms with E-state index in [0.29, 0.717) is 5.69 Å². The number of alkyl halides is 3. The average molecular weight is 231 g/mol. The van der Waals surface area contributed by atoms with Crippen LogP contribution in [0.5, 0.6) is 0 Å². The molecule has 1 aromatic rings. The summed E-state index contributed by atoms with van der Waals surface area (Å²) >= 11 is 0. The lowest BCUT2D eigenvalue weighted by Crippen LogP contribution is -2.31. The zero-order valence-corrected chi connectivity index (χ0v) is 8.32. The highest BCUT2D eigenvalue weighted by atomic mass is 19.4. The van der Waals surface area contributed by atoms with Crippen molar-refractivity contribution in [2.75, 3.05) is 0 Å². The number of hydrogen-bond acceptors (Lipinski definition) is 3. The Hall–Kier alpha value is -1.84. The Morgan fingerprint density at radius 2 is 2.25 bits per heavy atom. The van der Waals surface area contributed by atoms with Crippen LogP contribution in [0.1, 0.15) is 5.69 Å². The van der Waals surface area contributed by atoms with Gasteiger partial charge in [-0.3, -0.25) is 9.36 Å². The zero-order chi connectivity index (χ0) is 12.3. The molecule has 16 heavy (non-hydrogen) atoms. The lowest BCUT2D eigenvalue weighted by molar-refractivity contribution is -0.162. The van der Waals surface area contributed by atoms with Crippen molar-refractivity contribution in [2.45, 2.75) is 19.6 Å². The second-order valence-corrected chi connectivity index (χ2v) is 3.24. The minimum atomic E-state index is -4.64. The maximum atomic E-state index is 12.3. The summed E-state index contributed by atoms with van der Waals surface area (Å²) in [7, 11) is 0. The number of rotatable bonds is 2. The summed E-state index contributed by atoms with van der Waals surface area (Å²) in [5, 5.41) is 8.36. The van der Waals surface area contributed by atoms with Gasteiger partial charge in [-0.1, -0.05) is 0 Å². The normalized spacial score (nSPS) is 13.2. The number of nitriles is 1. The van der Waals surface area contributed by atoms with E-state index in [4.69, 9.17) is 5.26 Å². The highest BCUT2D eigenvalue weighted by Gasteiger charge is 2.40. The number of halogens is 3. The topological polar surface area (TPSA) is 58.7 Å². The summed E-state index contributed by atoms with van der Waals surface area (Å²) in [5.41, 5.74) is -0.182. The SMILES string of the molecule is Cc1cc(=O)n(CC(C#N)C(F)(F)F)cn1. The molecule has 0 saturated carbocycles. The van der Waals surface area contributed by atoms with Crippen LogP contribution in [0.4, 0.5) is 13.2 Å². The molecule has 0 saturated heterocycles. The third-order valence-corrected chi connectivity index (χ3v) is 1.95. The van der Waals surface area contributed by atoms with Gasteiger partial charge in [0.1, 0.15) is 0 Å². The molecule has 0 aliphatic heterocycles. The van der Waals surface area contributed by atoms with Gasteiger partial charge in [0.25, 0.3) is 5.56 Å². The second-order valence-electron chi connectivity index (χ2n) is 3.24. The Morgan fingerprint density at radius 3 is 2.69 bits per heavy atom. The number of aromatic nitrogens is 2. The molecule has 1 atom stereocenters. The third kappa shape index (κ3) is 2.82. The second kappa shape index (κ2) is 4.35. The van der Waals surface area contributed by atoms with Crippen LogP contribution < -0.4 is 5.56 Å². The molecule has 0 N–H and O–H groups in total. The van der Waals surface area contributed by atoms with Crippen LogP contribution in [0.15, 0.2) is 17.2 Å². The van der Waals surface area contributed by atoms with Crippen molar-refractivity contribution < 1.29 is 13.2 Å². The molecule has 0 spiro atoms. The number of hydrogen-bond donors (Lipinski definition) is 0. The predicted molar refractivity (Wildman–Crippen MR) is 48.4 cm³/mol. The first-order valence-electron chi connectivity index (χ1n) is 4.34. The summed E-state index contributed by atoms with van der Waals surface area (Å²) in [6, 6.07) is 2.24. The van der Waals surface area contributed by atoms with Gasteiger partial charge in [-0.25, -0.2) is 4.98 Å². The number of nitrogens with zero attached hydrogens (tertiary/aromatic N) is 3. The standard InChI is InChI=1S/C9H8F3N3O/c1-6-2-8(16)15(5-14-6)4-7(3-13)9(10,11)12/h2,5,7H,4H2,1H3. The van der Waals surface area contributed by atoms with Gasteiger partial charge >= 0.3 is 6.18 Å². The van der Waals surface area contributed by atoms with Gasteiger partial charge in [-0.05, 0) is 6.92 Å². The molecule has 1 unspecified atom stereocenters. The Bertz CT molecular complexity index is 472. The summed E-state index contributed by atoms with van der Waals surface area (Å²) in [4.78, 5) is 15.0. The van der Waals surface area contributed by atoms with Crippen molar-refractivity contribution in [2.24, 2.45) is 5.92 Å². The molecule has 0 fully saturated rings. The van der Waals surface area contributed by atoms with E-state index in [1.165, 1.54) is 0 Å². The molecule has 0 aromatic carbocycles. The van der Waals surface area contributed by atoms with E-state index in [1.807, 2.05) is 0 Å². The summed E-state index contributed by atoms with van der Waals surface area (Å²) in [6.07, 6.45) is -3.63. The smallest absolute Gasteiger partial charge is 0.298 e. The van der Waals surface area contributed by atoms with Crippen molar-refractivity contribution in [3.8, 4) is 6.07 Å². The molecule has 86 valence electrons. The third-order valence-electron chi connectivity index (χ3n) is 1.95. The van der Waals surface area contributed by atoms with Crippen molar-refractivity contribution in [1.29, 1.82) is 5.26 Å². The van der Waals surface area contributed by atoms with Gasteiger partial charge in [0.2, 0.25) is 0 Å². The largest absolute Gasteiger partial charge is 0.406 e. The molecule has 0 radical (unpaired) electrons. The summed E-state index contributed by atoms with van der Waals surface area (Å²) < 4.78 is 37.5. The molecule has 1 heterocycles. The molecule has 4 nitrogen and oxygen atoms in total. The van der Waals surface area contributed by atoms with Crippen LogP contribution in [0.2, 0.25) is 0 Å². The van der Waals surface area contributed by atoms with Gasteiger partial charge in [0.05, 0.1) is 18.9 Å². The predicted octanol–water partition coefficient (Wildman–Crippen LogP) is 1.25. The van der Waals surface area contributed by atoms with Gasteiger partial charge < -0.3 is 0 Å². The zero-order valence-electron chi connectivity index (χ0n) is 8.32. The van der Waals surface area contributed by atoms with Gasteiger partial charge in [0, 0.05) is 11.8 Å². The summed E-state index contributed by atoms with van der Waals surface area (Å²) in [6.45, 7) is 0.823. The summed E-state index contributed by atoms with van der Waals surface area (Å²) in [5.74, 6) is -2.20. The lowest BCUT2D eigenvalue weighted by Gasteiger charge is -2.14. The van der Waals surface area contributed by atoms with Crippen molar-refractivity contribution >= 4 is 0 Å². The fourth-order valence-electron chi connectivity index (χ4n) is 1.07. The van der Waals surface area contributed by atoms with E-state index in [0.717, 1.165) is 23.0 Å². The van der Waals surface area contributed by atoms with Crippen LogP contribution in [0, 0.1) is 24.2 Å². The molecule has 0 aliphatic carbocycles. The fourth-order valence-corrected chi connectivity index (χ4v) is 1.07. The molecule has 0 bridgehead atoms. The van der Waals surface area contributed by atoms with E-state index in [2.05, 4.69) is 4.98 Å². The molecule has 0 aliphatic rings. The molecule has 1 aromatic heterocycles. The molecular weight excluding hydrogens is 223 g/mol. The van der Waals surface area contributed by atoms with E-state index >= 15 is 0 Å². The highest BCUT2D eigenvalue weighted by molar-refractivity contribution is 4.97. The Morgan fingerprint density at radius 1 is 1.62 bits per heavy atom. The van der Waals surface area contributed by atoms with Crippen molar-refractivity contribution in [3.05, 3.63) is 28.4 Å². The Labute approximate surface area is 89.0 Å². The van der Waals surface area contributed by atoms with Crippen LogP contribution in [0.3, 0.4) is 0 Å². The van der Waals surface area contributed by atoms with Gasteiger partial charge in [0.15, 0.2) is 5.92 Å². The Kier molecular flexibility index (Phi) is 3.32. The average Bonchev–Trinajstić information content (AvgIpc) is 2.14. The first-order valence-corrected chi connectivity index (χ1v) is 4.34. The van der Waals surface area contributed by atoms with E-state index < -0.39 is 24.2 Å². The molecule has 0 amide bonds.